The average Bonchev–Trinajstić information content (AvgIpc) is 2.65. The zero-order chi connectivity index (χ0) is 19.6. The number of amides is 1. The standard InChI is InChI=1S/C20H23FN2O3S/c1-3-19(23(27(2,25)26)18-10-8-17(21)9-11-18)20(24)22-13-12-15-6-4-5-7-16(15)14-22/h4-11,19H,3,12-14H2,1-2H3/t19-/m1/s1. The van der Waals surface area contributed by atoms with E-state index >= 15 is 0 Å². The van der Waals surface area contributed by atoms with Crippen LogP contribution in [0, 0.1) is 5.82 Å². The van der Waals surface area contributed by atoms with Gasteiger partial charge in [-0.3, -0.25) is 9.10 Å². The van der Waals surface area contributed by atoms with Gasteiger partial charge in [-0.15, -0.1) is 0 Å². The van der Waals surface area contributed by atoms with Crippen molar-refractivity contribution >= 4 is 21.6 Å². The first kappa shape index (κ1) is 19.4. The number of fused-ring (bicyclic) bond motifs is 1. The van der Waals surface area contributed by atoms with E-state index in [1.807, 2.05) is 18.2 Å². The minimum absolute atomic E-state index is 0.234. The first-order valence-electron chi connectivity index (χ1n) is 8.91. The molecule has 0 radical (unpaired) electrons. The Kier molecular flexibility index (Phi) is 5.51. The lowest BCUT2D eigenvalue weighted by Crippen LogP contribution is -2.51. The predicted octanol–water partition coefficient (Wildman–Crippen LogP) is 2.96. The third-order valence-electron chi connectivity index (χ3n) is 4.84. The third kappa shape index (κ3) is 4.13. The lowest BCUT2D eigenvalue weighted by Gasteiger charge is -2.36. The molecule has 1 aliphatic heterocycles. The van der Waals surface area contributed by atoms with Gasteiger partial charge in [0.15, 0.2) is 0 Å². The second kappa shape index (κ2) is 7.68. The van der Waals surface area contributed by atoms with Crippen molar-refractivity contribution in [1.29, 1.82) is 0 Å². The molecule has 1 amide bonds. The van der Waals surface area contributed by atoms with Gasteiger partial charge in [0, 0.05) is 13.1 Å². The summed E-state index contributed by atoms with van der Waals surface area (Å²) in [6, 6.07) is 12.3. The zero-order valence-electron chi connectivity index (χ0n) is 15.4. The normalized spacial score (nSPS) is 15.1. The number of carbonyl (C=O) groups excluding carboxylic acids is 1. The van der Waals surface area contributed by atoms with Crippen LogP contribution in [0.15, 0.2) is 48.5 Å². The molecule has 2 aromatic rings. The van der Waals surface area contributed by atoms with Gasteiger partial charge < -0.3 is 4.90 Å². The van der Waals surface area contributed by atoms with Crippen LogP contribution in [-0.2, 0) is 27.8 Å². The number of carbonyl (C=O) groups is 1. The summed E-state index contributed by atoms with van der Waals surface area (Å²) in [7, 11) is -3.72. The molecule has 5 nitrogen and oxygen atoms in total. The van der Waals surface area contributed by atoms with Crippen LogP contribution in [0.5, 0.6) is 0 Å². The van der Waals surface area contributed by atoms with Crippen molar-refractivity contribution < 1.29 is 17.6 Å². The monoisotopic (exact) mass is 390 g/mol. The maximum atomic E-state index is 13.3. The average molecular weight is 390 g/mol. The van der Waals surface area contributed by atoms with Crippen molar-refractivity contribution in [1.82, 2.24) is 4.90 Å². The fraction of sp³-hybridized carbons (Fsp3) is 0.350. The van der Waals surface area contributed by atoms with Crippen molar-refractivity contribution in [3.63, 3.8) is 0 Å². The lowest BCUT2D eigenvalue weighted by molar-refractivity contribution is -0.133. The Balaban J connectivity index is 1.91. The van der Waals surface area contributed by atoms with Gasteiger partial charge in [0.25, 0.3) is 0 Å². The number of hydrogen-bond donors (Lipinski definition) is 0. The fourth-order valence-electron chi connectivity index (χ4n) is 3.53. The second-order valence-electron chi connectivity index (χ2n) is 6.74. The molecule has 0 saturated heterocycles. The molecule has 0 bridgehead atoms. The first-order valence-corrected chi connectivity index (χ1v) is 10.8. The second-order valence-corrected chi connectivity index (χ2v) is 8.60. The summed E-state index contributed by atoms with van der Waals surface area (Å²) < 4.78 is 39.3. The Labute approximate surface area is 159 Å². The van der Waals surface area contributed by atoms with Gasteiger partial charge in [0.05, 0.1) is 11.9 Å². The van der Waals surface area contributed by atoms with Gasteiger partial charge in [-0.05, 0) is 48.2 Å². The molecule has 0 aliphatic carbocycles. The van der Waals surface area contributed by atoms with Crippen molar-refractivity contribution in [2.24, 2.45) is 0 Å². The van der Waals surface area contributed by atoms with Gasteiger partial charge in [-0.1, -0.05) is 31.2 Å². The van der Waals surface area contributed by atoms with Crippen LogP contribution < -0.4 is 4.31 Å². The number of anilines is 1. The first-order chi connectivity index (χ1) is 12.8. The third-order valence-corrected chi connectivity index (χ3v) is 6.02. The lowest BCUT2D eigenvalue weighted by atomic mass is 9.99. The zero-order valence-corrected chi connectivity index (χ0v) is 16.2. The highest BCUT2D eigenvalue weighted by molar-refractivity contribution is 7.92. The molecule has 7 heteroatoms. The molecule has 0 N–H and O–H groups in total. The van der Waals surface area contributed by atoms with E-state index in [9.17, 15) is 17.6 Å². The van der Waals surface area contributed by atoms with Crippen LogP contribution >= 0.6 is 0 Å². The highest BCUT2D eigenvalue weighted by Crippen LogP contribution is 2.26. The van der Waals surface area contributed by atoms with Crippen molar-refractivity contribution in [3.05, 3.63) is 65.5 Å². The smallest absolute Gasteiger partial charge is 0.246 e. The Morgan fingerprint density at radius 3 is 2.37 bits per heavy atom. The van der Waals surface area contributed by atoms with E-state index in [2.05, 4.69) is 6.07 Å². The molecule has 1 aliphatic rings. The summed E-state index contributed by atoms with van der Waals surface area (Å²) in [5.41, 5.74) is 2.59. The van der Waals surface area contributed by atoms with Crippen LogP contribution in [0.2, 0.25) is 0 Å². The van der Waals surface area contributed by atoms with E-state index in [1.165, 1.54) is 29.8 Å². The Morgan fingerprint density at radius 2 is 1.78 bits per heavy atom. The summed E-state index contributed by atoms with van der Waals surface area (Å²) in [6.07, 6.45) is 2.13. The number of hydrogen-bond acceptors (Lipinski definition) is 3. The van der Waals surface area contributed by atoms with Gasteiger partial charge in [-0.2, -0.15) is 0 Å². The van der Waals surface area contributed by atoms with E-state index < -0.39 is 21.9 Å². The maximum Gasteiger partial charge on any atom is 0.246 e. The fourth-order valence-corrected chi connectivity index (χ4v) is 4.73. The van der Waals surface area contributed by atoms with Crippen molar-refractivity contribution in [2.45, 2.75) is 32.4 Å². The topological polar surface area (TPSA) is 57.7 Å². The Hall–Kier alpha value is -2.41. The summed E-state index contributed by atoms with van der Waals surface area (Å²) in [5, 5.41) is 0. The van der Waals surface area contributed by atoms with Crippen LogP contribution in [0.4, 0.5) is 10.1 Å². The molecule has 3 rings (SSSR count). The molecule has 2 aromatic carbocycles. The van der Waals surface area contributed by atoms with Gasteiger partial charge in [0.1, 0.15) is 11.9 Å². The summed E-state index contributed by atoms with van der Waals surface area (Å²) >= 11 is 0. The minimum atomic E-state index is -3.72. The number of rotatable bonds is 5. The molecular formula is C20H23FN2O3S. The maximum absolute atomic E-state index is 13.3. The van der Waals surface area contributed by atoms with Crippen LogP contribution in [0.25, 0.3) is 0 Å². The van der Waals surface area contributed by atoms with Crippen molar-refractivity contribution in [2.75, 3.05) is 17.1 Å². The molecule has 0 saturated carbocycles. The highest BCUT2D eigenvalue weighted by atomic mass is 32.2. The van der Waals surface area contributed by atoms with E-state index in [0.717, 1.165) is 22.5 Å². The molecule has 1 atom stereocenters. The molecular weight excluding hydrogens is 367 g/mol. The number of halogens is 1. The van der Waals surface area contributed by atoms with E-state index in [-0.39, 0.29) is 11.6 Å². The number of sulfonamides is 1. The quantitative estimate of drug-likeness (QED) is 0.789. The highest BCUT2D eigenvalue weighted by Gasteiger charge is 2.35. The summed E-state index contributed by atoms with van der Waals surface area (Å²) in [4.78, 5) is 14.9. The van der Waals surface area contributed by atoms with Crippen LogP contribution in [0.1, 0.15) is 24.5 Å². The van der Waals surface area contributed by atoms with Crippen LogP contribution in [-0.4, -0.2) is 38.1 Å². The molecule has 0 aromatic heterocycles. The van der Waals surface area contributed by atoms with Gasteiger partial charge in [0.2, 0.25) is 15.9 Å². The van der Waals surface area contributed by atoms with Crippen molar-refractivity contribution in [3.8, 4) is 0 Å². The Morgan fingerprint density at radius 1 is 1.15 bits per heavy atom. The van der Waals surface area contributed by atoms with E-state index in [0.29, 0.717) is 19.5 Å². The molecule has 0 spiro atoms. The molecule has 0 unspecified atom stereocenters. The summed E-state index contributed by atoms with van der Waals surface area (Å²) in [6.45, 7) is 2.79. The molecule has 0 fully saturated rings. The van der Waals surface area contributed by atoms with Gasteiger partial charge in [-0.25, -0.2) is 12.8 Å². The Bertz CT molecular complexity index is 928. The molecule has 1 heterocycles. The largest absolute Gasteiger partial charge is 0.336 e. The summed E-state index contributed by atoms with van der Waals surface area (Å²) in [5.74, 6) is -0.694. The molecule has 27 heavy (non-hydrogen) atoms. The van der Waals surface area contributed by atoms with E-state index in [4.69, 9.17) is 0 Å². The van der Waals surface area contributed by atoms with Gasteiger partial charge >= 0.3 is 0 Å². The minimum Gasteiger partial charge on any atom is -0.336 e. The predicted molar refractivity (Wildman–Crippen MR) is 103 cm³/mol. The number of nitrogens with zero attached hydrogens (tertiary/aromatic N) is 2. The van der Waals surface area contributed by atoms with E-state index in [1.54, 1.807) is 11.8 Å². The molecule has 144 valence electrons. The van der Waals surface area contributed by atoms with Crippen LogP contribution in [0.3, 0.4) is 0 Å². The SMILES string of the molecule is CC[C@H](C(=O)N1CCc2ccccc2C1)N(c1ccc(F)cc1)S(C)(=O)=O. The number of benzene rings is 2.